The number of nitrogens with zero attached hydrogens (tertiary/aromatic N) is 1. The van der Waals surface area contributed by atoms with Crippen LogP contribution in [0.4, 0.5) is 5.69 Å². The molecule has 0 amide bonds. The van der Waals surface area contributed by atoms with E-state index in [9.17, 15) is 0 Å². The minimum atomic E-state index is 0.429. The predicted molar refractivity (Wildman–Crippen MR) is 93.2 cm³/mol. The van der Waals surface area contributed by atoms with Crippen LogP contribution < -0.4 is 10.2 Å². The van der Waals surface area contributed by atoms with Crippen LogP contribution in [0.2, 0.25) is 0 Å². The lowest BCUT2D eigenvalue weighted by molar-refractivity contribution is 0.152. The first-order chi connectivity index (χ1) is 9.94. The number of hydrogen-bond acceptors (Lipinski definition) is 2. The van der Waals surface area contributed by atoms with E-state index in [2.05, 4.69) is 63.3 Å². The monoisotopic (exact) mass is 288 g/mol. The Balaban J connectivity index is 2.15. The Hall–Kier alpha value is -1.02. The van der Waals surface area contributed by atoms with E-state index in [1.54, 1.807) is 0 Å². The molecule has 1 N–H and O–H groups in total. The largest absolute Gasteiger partial charge is 0.374 e. The molecule has 1 aromatic rings. The third-order valence-electron chi connectivity index (χ3n) is 4.96. The minimum Gasteiger partial charge on any atom is -0.374 e. The molecular weight excluding hydrogens is 256 g/mol. The lowest BCUT2D eigenvalue weighted by Gasteiger charge is -2.43. The predicted octanol–water partition coefficient (Wildman–Crippen LogP) is 4.16. The zero-order valence-corrected chi connectivity index (χ0v) is 14.5. The van der Waals surface area contributed by atoms with Crippen LogP contribution in [0.5, 0.6) is 0 Å². The topological polar surface area (TPSA) is 15.3 Å². The van der Waals surface area contributed by atoms with E-state index in [0.717, 1.165) is 19.0 Å². The van der Waals surface area contributed by atoms with Crippen LogP contribution in [-0.4, -0.2) is 27.2 Å². The smallest absolute Gasteiger partial charge is 0.0369 e. The summed E-state index contributed by atoms with van der Waals surface area (Å²) >= 11 is 0. The average Bonchev–Trinajstić information content (AvgIpc) is 2.37. The van der Waals surface area contributed by atoms with Crippen molar-refractivity contribution in [3.05, 3.63) is 29.3 Å². The lowest BCUT2D eigenvalue weighted by atomic mass is 9.69. The molecule has 0 aliphatic heterocycles. The van der Waals surface area contributed by atoms with Gasteiger partial charge in [-0.25, -0.2) is 0 Å². The Morgan fingerprint density at radius 1 is 1.24 bits per heavy atom. The van der Waals surface area contributed by atoms with Crippen LogP contribution in [0.25, 0.3) is 0 Å². The molecule has 21 heavy (non-hydrogen) atoms. The first-order valence-electron chi connectivity index (χ1n) is 8.38. The number of nitrogens with one attached hydrogen (secondary N) is 1. The van der Waals surface area contributed by atoms with Crippen molar-refractivity contribution in [1.29, 1.82) is 0 Å². The Morgan fingerprint density at radius 2 is 1.90 bits per heavy atom. The number of aryl methyl sites for hydroxylation is 2. The molecule has 1 saturated carbocycles. The van der Waals surface area contributed by atoms with Crippen molar-refractivity contribution < 1.29 is 0 Å². The average molecular weight is 288 g/mol. The molecule has 0 bridgehead atoms. The fourth-order valence-electron chi connectivity index (χ4n) is 4.27. The van der Waals surface area contributed by atoms with E-state index >= 15 is 0 Å². The van der Waals surface area contributed by atoms with Gasteiger partial charge in [0.25, 0.3) is 0 Å². The van der Waals surface area contributed by atoms with Crippen molar-refractivity contribution in [3.63, 3.8) is 0 Å². The molecule has 2 nitrogen and oxygen atoms in total. The van der Waals surface area contributed by atoms with Gasteiger partial charge in [-0.05, 0) is 62.9 Å². The first-order valence-corrected chi connectivity index (χ1v) is 8.38. The molecule has 2 unspecified atom stereocenters. The van der Waals surface area contributed by atoms with Gasteiger partial charge in [-0.1, -0.05) is 25.8 Å². The highest BCUT2D eigenvalue weighted by Crippen LogP contribution is 2.40. The van der Waals surface area contributed by atoms with Crippen LogP contribution in [0.3, 0.4) is 0 Å². The van der Waals surface area contributed by atoms with Gasteiger partial charge in [-0.15, -0.1) is 0 Å². The van der Waals surface area contributed by atoms with Crippen LogP contribution in [0.15, 0.2) is 18.2 Å². The standard InChI is InChI=1S/C19H32N2/c1-15-7-6-8-19(12-15,13-20-4)14-21(5)18-10-16(2)9-17(3)11-18/h9-11,15,20H,6-8,12-14H2,1-5H3. The van der Waals surface area contributed by atoms with E-state index in [1.807, 2.05) is 0 Å². The summed E-state index contributed by atoms with van der Waals surface area (Å²) in [5, 5.41) is 3.45. The van der Waals surface area contributed by atoms with Gasteiger partial charge < -0.3 is 10.2 Å². The van der Waals surface area contributed by atoms with Crippen LogP contribution in [0.1, 0.15) is 43.7 Å². The van der Waals surface area contributed by atoms with Gasteiger partial charge in [0, 0.05) is 31.2 Å². The maximum Gasteiger partial charge on any atom is 0.0369 e. The van der Waals surface area contributed by atoms with Gasteiger partial charge in [-0.3, -0.25) is 0 Å². The maximum absolute atomic E-state index is 3.45. The molecule has 0 spiro atoms. The van der Waals surface area contributed by atoms with Crippen molar-refractivity contribution >= 4 is 5.69 Å². The van der Waals surface area contributed by atoms with Crippen LogP contribution >= 0.6 is 0 Å². The summed E-state index contributed by atoms with van der Waals surface area (Å²) in [4.78, 5) is 2.47. The van der Waals surface area contributed by atoms with Gasteiger partial charge in [0.2, 0.25) is 0 Å². The molecule has 0 aromatic heterocycles. The fourth-order valence-corrected chi connectivity index (χ4v) is 4.27. The molecule has 1 fully saturated rings. The molecule has 2 heteroatoms. The number of anilines is 1. The van der Waals surface area contributed by atoms with E-state index in [1.165, 1.54) is 42.5 Å². The number of rotatable bonds is 5. The van der Waals surface area contributed by atoms with E-state index in [0.29, 0.717) is 5.41 Å². The van der Waals surface area contributed by atoms with Crippen molar-refractivity contribution in [2.75, 3.05) is 32.1 Å². The second kappa shape index (κ2) is 6.83. The van der Waals surface area contributed by atoms with Gasteiger partial charge in [0.1, 0.15) is 0 Å². The highest BCUT2D eigenvalue weighted by Gasteiger charge is 2.35. The summed E-state index contributed by atoms with van der Waals surface area (Å²) in [7, 11) is 4.35. The van der Waals surface area contributed by atoms with E-state index in [4.69, 9.17) is 0 Å². The fraction of sp³-hybridized carbons (Fsp3) is 0.684. The highest BCUT2D eigenvalue weighted by atomic mass is 15.1. The molecule has 1 aliphatic rings. The summed E-state index contributed by atoms with van der Waals surface area (Å²) < 4.78 is 0. The van der Waals surface area contributed by atoms with Crippen molar-refractivity contribution in [2.45, 2.75) is 46.5 Å². The third-order valence-corrected chi connectivity index (χ3v) is 4.96. The molecular formula is C19H32N2. The number of benzene rings is 1. The maximum atomic E-state index is 3.45. The summed E-state index contributed by atoms with van der Waals surface area (Å²) in [6, 6.07) is 6.88. The lowest BCUT2D eigenvalue weighted by Crippen LogP contribution is -2.45. The summed E-state index contributed by atoms with van der Waals surface area (Å²) in [5.41, 5.74) is 4.51. The normalized spacial score (nSPS) is 25.9. The number of hydrogen-bond donors (Lipinski definition) is 1. The highest BCUT2D eigenvalue weighted by molar-refractivity contribution is 5.50. The van der Waals surface area contributed by atoms with Crippen molar-refractivity contribution in [3.8, 4) is 0 Å². The van der Waals surface area contributed by atoms with Crippen molar-refractivity contribution in [1.82, 2.24) is 5.32 Å². The Morgan fingerprint density at radius 3 is 2.48 bits per heavy atom. The Labute approximate surface area is 130 Å². The van der Waals surface area contributed by atoms with Crippen LogP contribution in [-0.2, 0) is 0 Å². The second-order valence-electron chi connectivity index (χ2n) is 7.43. The molecule has 0 saturated heterocycles. The summed E-state index contributed by atoms with van der Waals surface area (Å²) in [6.07, 6.45) is 5.48. The zero-order valence-electron chi connectivity index (χ0n) is 14.5. The Kier molecular flexibility index (Phi) is 5.32. The van der Waals surface area contributed by atoms with E-state index < -0.39 is 0 Å². The van der Waals surface area contributed by atoms with Gasteiger partial charge in [-0.2, -0.15) is 0 Å². The van der Waals surface area contributed by atoms with E-state index in [-0.39, 0.29) is 0 Å². The molecule has 1 aromatic carbocycles. The molecule has 118 valence electrons. The molecule has 2 rings (SSSR count). The first kappa shape index (κ1) is 16.4. The molecule has 0 radical (unpaired) electrons. The summed E-state index contributed by atoms with van der Waals surface area (Å²) in [6.45, 7) is 9.08. The zero-order chi connectivity index (χ0) is 15.5. The summed E-state index contributed by atoms with van der Waals surface area (Å²) in [5.74, 6) is 0.861. The van der Waals surface area contributed by atoms with Gasteiger partial charge in [0.15, 0.2) is 0 Å². The quantitative estimate of drug-likeness (QED) is 0.875. The molecule has 0 heterocycles. The Bertz CT molecular complexity index is 444. The van der Waals surface area contributed by atoms with Crippen LogP contribution in [0, 0.1) is 25.2 Å². The molecule has 1 aliphatic carbocycles. The third kappa shape index (κ3) is 4.23. The van der Waals surface area contributed by atoms with Gasteiger partial charge in [0.05, 0.1) is 0 Å². The SMILES string of the molecule is CNCC1(CN(C)c2cc(C)cc(C)c2)CCCC(C)C1. The van der Waals surface area contributed by atoms with Gasteiger partial charge >= 0.3 is 0 Å². The minimum absolute atomic E-state index is 0.429. The molecule has 2 atom stereocenters. The van der Waals surface area contributed by atoms with Crippen molar-refractivity contribution in [2.24, 2.45) is 11.3 Å². The second-order valence-corrected chi connectivity index (χ2v) is 7.43.